The first-order valence-electron chi connectivity index (χ1n) is 9.31. The maximum atomic E-state index is 12.9. The number of hydrogen-bond acceptors (Lipinski definition) is 5. The Bertz CT molecular complexity index is 1170. The van der Waals surface area contributed by atoms with Crippen molar-refractivity contribution in [3.05, 3.63) is 119 Å². The molecule has 0 unspecified atom stereocenters. The molecule has 0 spiro atoms. The minimum Gasteiger partial charge on any atom is -0.288 e. The van der Waals surface area contributed by atoms with Crippen LogP contribution in [0.25, 0.3) is 16.9 Å². The third-order valence-corrected chi connectivity index (χ3v) is 4.95. The molecule has 0 aliphatic carbocycles. The Hall–Kier alpha value is -2.91. The van der Waals surface area contributed by atoms with Crippen LogP contribution in [0, 0.1) is 10.2 Å². The van der Waals surface area contributed by atoms with Crippen LogP contribution >= 0.6 is 15.9 Å². The molecule has 0 N–H and O–H groups in total. The molecule has 0 aliphatic heterocycles. The lowest BCUT2D eigenvalue weighted by Gasteiger charge is -2.17. The van der Waals surface area contributed by atoms with Gasteiger partial charge in [0.2, 0.25) is 11.4 Å². The Kier molecular flexibility index (Phi) is 7.87. The fourth-order valence-electron chi connectivity index (χ4n) is 3.05. The average molecular weight is 515 g/mol. The molecule has 8 heteroatoms. The van der Waals surface area contributed by atoms with E-state index in [0.717, 1.165) is 21.4 Å². The first kappa shape index (κ1) is 23.7. The van der Waals surface area contributed by atoms with Crippen LogP contribution in [0.5, 0.6) is 0 Å². The predicted octanol–water partition coefficient (Wildman–Crippen LogP) is 0.868. The lowest BCUT2D eigenvalue weighted by atomic mass is 10.0. The van der Waals surface area contributed by atoms with Gasteiger partial charge in [-0.1, -0.05) is 64.5 Å². The van der Waals surface area contributed by atoms with E-state index in [1.165, 1.54) is 0 Å². The van der Waals surface area contributed by atoms with Gasteiger partial charge in [-0.15, -0.1) is 10.2 Å². The second kappa shape index (κ2) is 10.6. The molecule has 4 rings (SSSR count). The van der Waals surface area contributed by atoms with E-state index < -0.39 is 10.2 Å². The van der Waals surface area contributed by atoms with Crippen LogP contribution in [0.1, 0.15) is 15.9 Å². The minimum absolute atomic E-state index is 0.0149. The Morgan fingerprint density at radius 3 is 1.78 bits per heavy atom. The molecular weight excluding hydrogens is 498 g/mol. The fraction of sp³-hybridized carbons (Fsp3) is 0. The summed E-state index contributed by atoms with van der Waals surface area (Å²) in [6.45, 7) is 0. The van der Waals surface area contributed by atoms with Crippen molar-refractivity contribution in [3.8, 4) is 16.9 Å². The largest absolute Gasteiger partial charge is 0.288 e. The Morgan fingerprint density at radius 1 is 0.688 bits per heavy atom. The summed E-state index contributed by atoms with van der Waals surface area (Å²) in [4.78, 5) is 12.9. The zero-order valence-electron chi connectivity index (χ0n) is 16.6. The van der Waals surface area contributed by atoms with Crippen molar-refractivity contribution in [2.75, 3.05) is 0 Å². The summed E-state index contributed by atoms with van der Waals surface area (Å²) in [5, 5.41) is 0. The maximum absolute atomic E-state index is 12.9. The Balaban J connectivity index is 0.000000523. The van der Waals surface area contributed by atoms with E-state index in [9.17, 15) is 4.79 Å². The highest BCUT2D eigenvalue weighted by Crippen LogP contribution is 2.20. The van der Waals surface area contributed by atoms with Crippen LogP contribution in [-0.2, 0) is 0 Å². The van der Waals surface area contributed by atoms with Crippen LogP contribution < -0.4 is 23.2 Å². The molecule has 0 saturated heterocycles. The van der Waals surface area contributed by atoms with Crippen LogP contribution in [0.4, 0.5) is 0 Å². The molecule has 4 aromatic rings. The van der Waals surface area contributed by atoms with E-state index in [1.807, 2.05) is 91.1 Å². The van der Waals surface area contributed by atoms with Crippen LogP contribution in [-0.4, -0.2) is 5.78 Å². The number of pyridine rings is 1. The highest BCUT2D eigenvalue weighted by Gasteiger charge is 2.20. The molecule has 0 radical (unpaired) electrons. The Morgan fingerprint density at radius 2 is 1.22 bits per heavy atom. The Labute approximate surface area is 195 Å². The van der Waals surface area contributed by atoms with Gasteiger partial charge in [0, 0.05) is 33.8 Å². The van der Waals surface area contributed by atoms with Gasteiger partial charge in [0.25, 0.3) is 0 Å². The predicted molar refractivity (Wildman–Crippen MR) is 111 cm³/mol. The molecule has 0 amide bonds. The van der Waals surface area contributed by atoms with Crippen molar-refractivity contribution in [1.29, 1.82) is 0 Å². The molecule has 0 atom stereocenters. The number of benzene rings is 3. The number of aromatic nitrogens is 1. The number of hydrogen-bond donors (Lipinski definition) is 0. The molecule has 6 nitrogen and oxygen atoms in total. The van der Waals surface area contributed by atoms with Crippen molar-refractivity contribution in [2.45, 2.75) is 0 Å². The zero-order chi connectivity index (χ0) is 23.1. The molecule has 0 fully saturated rings. The summed E-state index contributed by atoms with van der Waals surface area (Å²) in [5.41, 5.74) is 4.47. The van der Waals surface area contributed by atoms with Crippen LogP contribution in [0.15, 0.2) is 108 Å². The second-order valence-corrected chi connectivity index (χ2v) is 8.26. The van der Waals surface area contributed by atoms with Gasteiger partial charge in [0.1, 0.15) is 0 Å². The van der Waals surface area contributed by atoms with Gasteiger partial charge in [-0.05, 0) is 30.3 Å². The van der Waals surface area contributed by atoms with Crippen molar-refractivity contribution in [2.24, 2.45) is 0 Å². The second-order valence-electron chi connectivity index (χ2n) is 6.59. The number of carbonyl (C=O) groups is 1. The normalized spacial score (nSPS) is 10.8. The van der Waals surface area contributed by atoms with Crippen molar-refractivity contribution in [1.82, 2.24) is 0 Å². The van der Waals surface area contributed by atoms with Crippen molar-refractivity contribution < 1.29 is 38.2 Å². The molecule has 32 heavy (non-hydrogen) atoms. The maximum Gasteiger partial charge on any atom is 0.218 e. The third-order valence-electron chi connectivity index (χ3n) is 4.42. The van der Waals surface area contributed by atoms with Gasteiger partial charge in [-0.2, -0.15) is 4.57 Å². The van der Waals surface area contributed by atoms with Gasteiger partial charge in [-0.25, -0.2) is 18.6 Å². The fourth-order valence-corrected chi connectivity index (χ4v) is 3.32. The summed E-state index contributed by atoms with van der Waals surface area (Å²) in [6, 6.07) is 31.5. The first-order valence-corrected chi connectivity index (χ1v) is 11.3. The standard InChI is InChI=1S/C24H17BrNO.ClHO4/c25-21-12-14-22(15-13-21)26-17-20(24(27)19-9-5-2-6-10-19)11-16-23(26)18-7-3-1-4-8-18;2-1(3,4)5/h1-17H;(H,2,3,4,5)/q+1;/p-1. The first-order chi connectivity index (χ1) is 15.2. The highest BCUT2D eigenvalue weighted by molar-refractivity contribution is 9.10. The summed E-state index contributed by atoms with van der Waals surface area (Å²) < 4.78 is 37.1. The molecule has 1 heterocycles. The highest BCUT2D eigenvalue weighted by atomic mass is 79.9. The van der Waals surface area contributed by atoms with Crippen molar-refractivity contribution in [3.63, 3.8) is 0 Å². The summed E-state index contributed by atoms with van der Waals surface area (Å²) >= 11 is 3.49. The lowest BCUT2D eigenvalue weighted by molar-refractivity contribution is -2.00. The van der Waals surface area contributed by atoms with E-state index in [1.54, 1.807) is 0 Å². The minimum atomic E-state index is -4.94. The van der Waals surface area contributed by atoms with Crippen LogP contribution in [0.3, 0.4) is 0 Å². The third kappa shape index (κ3) is 6.80. The van der Waals surface area contributed by atoms with Crippen molar-refractivity contribution >= 4 is 21.7 Å². The van der Waals surface area contributed by atoms with Gasteiger partial charge in [-0.3, -0.25) is 4.79 Å². The smallest absolute Gasteiger partial charge is 0.218 e. The van der Waals surface area contributed by atoms with Gasteiger partial charge >= 0.3 is 0 Å². The SMILES string of the molecule is O=C(c1ccccc1)c1ccc(-c2ccccc2)[n+](-c2ccc(Br)cc2)c1.[O-][Cl+3]([O-])([O-])[O-]. The van der Waals surface area contributed by atoms with E-state index in [-0.39, 0.29) is 5.78 Å². The summed E-state index contributed by atoms with van der Waals surface area (Å²) in [7, 11) is -4.94. The molecule has 0 aliphatic rings. The number of nitrogens with zero attached hydrogens (tertiary/aromatic N) is 1. The quantitative estimate of drug-likeness (QED) is 0.296. The van der Waals surface area contributed by atoms with E-state index in [2.05, 4.69) is 32.6 Å². The molecule has 1 aromatic heterocycles. The topological polar surface area (TPSA) is 113 Å². The number of carbonyl (C=O) groups excluding carboxylic acids is 1. The number of halogens is 2. The van der Waals surface area contributed by atoms with Gasteiger partial charge in [0.15, 0.2) is 12.0 Å². The van der Waals surface area contributed by atoms with Gasteiger partial charge < -0.3 is 0 Å². The average Bonchev–Trinajstić information content (AvgIpc) is 2.79. The number of rotatable bonds is 4. The number of ketones is 1. The van der Waals surface area contributed by atoms with E-state index >= 15 is 0 Å². The summed E-state index contributed by atoms with van der Waals surface area (Å²) in [6.07, 6.45) is 1.92. The summed E-state index contributed by atoms with van der Waals surface area (Å²) in [5.74, 6) is 0.0149. The molecule has 0 bridgehead atoms. The van der Waals surface area contributed by atoms with Crippen LogP contribution in [0.2, 0.25) is 0 Å². The zero-order valence-corrected chi connectivity index (χ0v) is 18.9. The lowest BCUT2D eigenvalue weighted by Crippen LogP contribution is -2.68. The molecule has 3 aromatic carbocycles. The van der Waals surface area contributed by atoms with Gasteiger partial charge in [0.05, 0.1) is 5.56 Å². The molecule has 162 valence electrons. The van der Waals surface area contributed by atoms with E-state index in [0.29, 0.717) is 11.1 Å². The molecular formula is C24H17BrClNO5. The monoisotopic (exact) mass is 513 g/mol. The molecule has 0 saturated carbocycles. The van der Waals surface area contributed by atoms with E-state index in [4.69, 9.17) is 18.6 Å².